The van der Waals surface area contributed by atoms with E-state index in [4.69, 9.17) is 25.8 Å². The summed E-state index contributed by atoms with van der Waals surface area (Å²) in [6.45, 7) is -0.280. The van der Waals surface area contributed by atoms with Gasteiger partial charge in [0.1, 0.15) is 22.3 Å². The molecule has 0 unspecified atom stereocenters. The van der Waals surface area contributed by atoms with Crippen molar-refractivity contribution >= 4 is 49.7 Å². The first-order chi connectivity index (χ1) is 18.3. The summed E-state index contributed by atoms with van der Waals surface area (Å²) in [4.78, 5) is 13.2. The van der Waals surface area contributed by atoms with Gasteiger partial charge in [-0.1, -0.05) is 22.9 Å². The van der Waals surface area contributed by atoms with Crippen molar-refractivity contribution in [3.63, 3.8) is 0 Å². The topological polar surface area (TPSA) is 120 Å². The molecule has 3 aromatic carbocycles. The first kappa shape index (κ1) is 25.8. The van der Waals surface area contributed by atoms with E-state index in [1.807, 2.05) is 12.1 Å². The number of rotatable bonds is 7. The summed E-state index contributed by atoms with van der Waals surface area (Å²) in [7, 11) is -0.999. The van der Waals surface area contributed by atoms with E-state index in [9.17, 15) is 13.2 Å². The molecule has 0 bridgehead atoms. The fourth-order valence-corrected chi connectivity index (χ4v) is 6.16. The number of carbonyl (C=O) groups is 1. The number of fused-ring (bicyclic) bond motifs is 1. The number of ether oxygens (including phenoxy) is 3. The van der Waals surface area contributed by atoms with Crippen molar-refractivity contribution in [1.82, 2.24) is 10.2 Å². The molecule has 13 heteroatoms. The number of hydrogen-bond donors (Lipinski definition) is 1. The molecule has 4 aromatic rings. The molecule has 1 amide bonds. The maximum atomic E-state index is 13.6. The van der Waals surface area contributed by atoms with Crippen LogP contribution in [-0.2, 0) is 14.8 Å². The standard InChI is InChI=1S/C25H21ClN4O6S2/c1-34-17-6-3-15(4-7-17)24-28-29-25(37-24)27-23(31)22-14-30(20-13-16(26)5-12-21(20)36-22)38(32,33)19-10-8-18(35-2)9-11-19/h3-13,22H,14H2,1-2H3,(H,27,29,31)/t22-/m0/s1. The van der Waals surface area contributed by atoms with Gasteiger partial charge in [-0.05, 0) is 66.7 Å². The molecule has 196 valence electrons. The number of carbonyl (C=O) groups excluding carboxylic acids is 1. The number of nitrogens with one attached hydrogen (secondary N) is 1. The van der Waals surface area contributed by atoms with Gasteiger partial charge in [-0.15, -0.1) is 10.2 Å². The van der Waals surface area contributed by atoms with E-state index in [1.54, 1.807) is 37.4 Å². The van der Waals surface area contributed by atoms with E-state index in [0.29, 0.717) is 21.5 Å². The van der Waals surface area contributed by atoms with Gasteiger partial charge in [0, 0.05) is 10.6 Å². The number of nitrogens with zero attached hydrogens (tertiary/aromatic N) is 3. The van der Waals surface area contributed by atoms with E-state index in [2.05, 4.69) is 15.5 Å². The highest BCUT2D eigenvalue weighted by Crippen LogP contribution is 2.39. The average Bonchev–Trinajstić information content (AvgIpc) is 3.40. The van der Waals surface area contributed by atoms with Crippen molar-refractivity contribution in [2.45, 2.75) is 11.0 Å². The number of halogens is 1. The highest BCUT2D eigenvalue weighted by atomic mass is 35.5. The van der Waals surface area contributed by atoms with Gasteiger partial charge in [0.2, 0.25) is 5.13 Å². The normalized spacial score (nSPS) is 14.8. The quantitative estimate of drug-likeness (QED) is 0.344. The van der Waals surface area contributed by atoms with Gasteiger partial charge in [-0.25, -0.2) is 8.42 Å². The molecule has 0 aliphatic carbocycles. The average molecular weight is 573 g/mol. The lowest BCUT2D eigenvalue weighted by Crippen LogP contribution is -2.48. The van der Waals surface area contributed by atoms with Crippen LogP contribution in [0.3, 0.4) is 0 Å². The number of methoxy groups -OCH3 is 2. The third kappa shape index (κ3) is 5.10. The third-order valence-electron chi connectivity index (χ3n) is 5.72. The van der Waals surface area contributed by atoms with Crippen LogP contribution in [0, 0.1) is 0 Å². The van der Waals surface area contributed by atoms with Crippen molar-refractivity contribution in [3.05, 3.63) is 71.8 Å². The summed E-state index contributed by atoms with van der Waals surface area (Å²) in [6.07, 6.45) is -1.16. The Kier molecular flexibility index (Phi) is 7.11. The fourth-order valence-electron chi connectivity index (χ4n) is 3.77. The molecule has 1 aromatic heterocycles. The Hall–Kier alpha value is -3.87. The van der Waals surface area contributed by atoms with Crippen LogP contribution in [0.15, 0.2) is 71.6 Å². The smallest absolute Gasteiger partial charge is 0.269 e. The predicted molar refractivity (Wildman–Crippen MR) is 144 cm³/mol. The first-order valence-corrected chi connectivity index (χ1v) is 13.8. The minimum Gasteiger partial charge on any atom is -0.497 e. The molecule has 10 nitrogen and oxygen atoms in total. The zero-order chi connectivity index (χ0) is 26.9. The van der Waals surface area contributed by atoms with E-state index >= 15 is 0 Å². The van der Waals surface area contributed by atoms with Crippen molar-refractivity contribution in [2.75, 3.05) is 30.4 Å². The van der Waals surface area contributed by atoms with Gasteiger partial charge in [-0.2, -0.15) is 0 Å². The Morgan fingerprint density at radius 1 is 1.03 bits per heavy atom. The third-order valence-corrected chi connectivity index (χ3v) is 8.64. The summed E-state index contributed by atoms with van der Waals surface area (Å²) >= 11 is 7.33. The van der Waals surface area contributed by atoms with Gasteiger partial charge in [0.05, 0.1) is 31.3 Å². The minimum atomic E-state index is -4.07. The van der Waals surface area contributed by atoms with Gasteiger partial charge in [0.25, 0.3) is 15.9 Å². The van der Waals surface area contributed by atoms with Gasteiger partial charge < -0.3 is 14.2 Å². The van der Waals surface area contributed by atoms with Crippen LogP contribution in [0.1, 0.15) is 0 Å². The first-order valence-electron chi connectivity index (χ1n) is 11.2. The van der Waals surface area contributed by atoms with Gasteiger partial charge >= 0.3 is 0 Å². The van der Waals surface area contributed by atoms with Crippen LogP contribution in [0.2, 0.25) is 5.02 Å². The summed E-state index contributed by atoms with van der Waals surface area (Å²) in [5.41, 5.74) is 1.04. The largest absolute Gasteiger partial charge is 0.497 e. The minimum absolute atomic E-state index is 0.0264. The summed E-state index contributed by atoms with van der Waals surface area (Å²) in [5, 5.41) is 12.0. The van der Waals surface area contributed by atoms with Gasteiger partial charge in [-0.3, -0.25) is 14.4 Å². The van der Waals surface area contributed by atoms with E-state index in [1.165, 1.54) is 42.7 Å². The molecule has 1 N–H and O–H groups in total. The lowest BCUT2D eigenvalue weighted by Gasteiger charge is -2.34. The monoisotopic (exact) mass is 572 g/mol. The Morgan fingerprint density at radius 3 is 2.34 bits per heavy atom. The molecule has 0 saturated carbocycles. The highest BCUT2D eigenvalue weighted by molar-refractivity contribution is 7.92. The molecule has 0 spiro atoms. The molecule has 2 heterocycles. The SMILES string of the molecule is COc1ccc(-c2nnc(NC(=O)[C@@H]3CN(S(=O)(=O)c4ccc(OC)cc4)c4cc(Cl)ccc4O3)s2)cc1. The molecular weight excluding hydrogens is 552 g/mol. The molecule has 1 aliphatic heterocycles. The van der Waals surface area contributed by atoms with Crippen LogP contribution in [0.4, 0.5) is 10.8 Å². The Morgan fingerprint density at radius 2 is 1.68 bits per heavy atom. The van der Waals surface area contributed by atoms with Crippen LogP contribution >= 0.6 is 22.9 Å². The van der Waals surface area contributed by atoms with Crippen LogP contribution < -0.4 is 23.8 Å². The number of hydrogen-bond acceptors (Lipinski definition) is 9. The maximum absolute atomic E-state index is 13.6. The number of anilines is 2. The second-order valence-electron chi connectivity index (χ2n) is 8.06. The number of sulfonamides is 1. The van der Waals surface area contributed by atoms with Crippen molar-refractivity contribution < 1.29 is 27.4 Å². The second kappa shape index (κ2) is 10.5. The summed E-state index contributed by atoms with van der Waals surface area (Å²) in [5.74, 6) is 0.849. The Balaban J connectivity index is 1.40. The van der Waals surface area contributed by atoms with Crippen LogP contribution in [0.25, 0.3) is 10.6 Å². The molecule has 0 saturated heterocycles. The molecule has 1 aliphatic rings. The number of amides is 1. The van der Waals surface area contributed by atoms with Crippen molar-refractivity contribution in [3.8, 4) is 27.8 Å². The molecule has 1 atom stereocenters. The molecular formula is C25H21ClN4O6S2. The number of aromatic nitrogens is 2. The lowest BCUT2D eigenvalue weighted by molar-refractivity contribution is -0.122. The zero-order valence-corrected chi connectivity index (χ0v) is 22.5. The van der Waals surface area contributed by atoms with Crippen molar-refractivity contribution in [1.29, 1.82) is 0 Å². The maximum Gasteiger partial charge on any atom is 0.269 e. The predicted octanol–water partition coefficient (Wildman–Crippen LogP) is 4.47. The highest BCUT2D eigenvalue weighted by Gasteiger charge is 2.38. The van der Waals surface area contributed by atoms with E-state index in [0.717, 1.165) is 9.87 Å². The lowest BCUT2D eigenvalue weighted by atomic mass is 10.2. The Bertz CT molecular complexity index is 1580. The summed E-state index contributed by atoms with van der Waals surface area (Å²) in [6, 6.07) is 17.8. The summed E-state index contributed by atoms with van der Waals surface area (Å²) < 4.78 is 44.5. The molecule has 0 fully saturated rings. The Labute approximate surface area is 227 Å². The van der Waals surface area contributed by atoms with Crippen LogP contribution in [0.5, 0.6) is 17.2 Å². The number of benzene rings is 3. The molecule has 0 radical (unpaired) electrons. The zero-order valence-electron chi connectivity index (χ0n) is 20.1. The second-order valence-corrected chi connectivity index (χ2v) is 11.3. The van der Waals surface area contributed by atoms with Crippen LogP contribution in [-0.4, -0.2) is 51.4 Å². The van der Waals surface area contributed by atoms with Gasteiger partial charge in [0.15, 0.2) is 6.10 Å². The van der Waals surface area contributed by atoms with Crippen molar-refractivity contribution in [2.24, 2.45) is 0 Å². The molecule has 5 rings (SSSR count). The van der Waals surface area contributed by atoms with E-state index in [-0.39, 0.29) is 28.0 Å². The molecule has 38 heavy (non-hydrogen) atoms. The fraction of sp³-hybridized carbons (Fsp3) is 0.160. The van der Waals surface area contributed by atoms with E-state index < -0.39 is 22.0 Å².